The van der Waals surface area contributed by atoms with Crippen molar-refractivity contribution < 1.29 is 17.9 Å². The van der Waals surface area contributed by atoms with Gasteiger partial charge in [0, 0.05) is 13.1 Å². The zero-order chi connectivity index (χ0) is 18.8. The normalized spacial score (nSPS) is 17.5. The highest BCUT2D eigenvalue weighted by Gasteiger charge is 2.33. The second-order valence-electron chi connectivity index (χ2n) is 7.66. The van der Waals surface area contributed by atoms with Crippen LogP contribution in [0.25, 0.3) is 0 Å². The topological polar surface area (TPSA) is 63.7 Å². The Morgan fingerprint density at radius 1 is 1.24 bits per heavy atom. The molecule has 1 aliphatic rings. The van der Waals surface area contributed by atoms with Crippen LogP contribution in [0.5, 0.6) is 0 Å². The predicted molar refractivity (Wildman–Crippen MR) is 98.0 cm³/mol. The fraction of sp³-hybridized carbons (Fsp3) is 0.632. The lowest BCUT2D eigenvalue weighted by Gasteiger charge is -2.31. The van der Waals surface area contributed by atoms with Gasteiger partial charge in [-0.25, -0.2) is 8.42 Å². The number of hydrogen-bond donors (Lipinski definition) is 0. The molecule has 1 aromatic rings. The molecule has 0 spiro atoms. The van der Waals surface area contributed by atoms with Crippen molar-refractivity contribution in [2.75, 3.05) is 19.7 Å². The first-order valence-corrected chi connectivity index (χ1v) is 10.3. The molecule has 1 aromatic carbocycles. The number of rotatable bonds is 4. The second-order valence-corrected chi connectivity index (χ2v) is 9.57. The van der Waals surface area contributed by atoms with Crippen LogP contribution in [0.15, 0.2) is 23.1 Å². The van der Waals surface area contributed by atoms with Gasteiger partial charge in [-0.05, 0) is 49.3 Å². The smallest absolute Gasteiger partial charge is 0.309 e. The second kappa shape index (κ2) is 7.46. The average molecular weight is 368 g/mol. The van der Waals surface area contributed by atoms with Crippen molar-refractivity contribution >= 4 is 16.0 Å². The van der Waals surface area contributed by atoms with Crippen molar-refractivity contribution in [2.45, 2.75) is 57.8 Å². The van der Waals surface area contributed by atoms with E-state index in [1.807, 2.05) is 19.1 Å². The summed E-state index contributed by atoms with van der Waals surface area (Å²) in [6, 6.07) is 5.66. The first-order valence-electron chi connectivity index (χ1n) is 8.85. The molecule has 140 valence electrons. The third kappa shape index (κ3) is 4.42. The van der Waals surface area contributed by atoms with Gasteiger partial charge in [-0.1, -0.05) is 32.9 Å². The molecule has 1 heterocycles. The molecule has 0 bridgehead atoms. The molecule has 5 nitrogen and oxygen atoms in total. The van der Waals surface area contributed by atoms with E-state index in [-0.39, 0.29) is 17.3 Å². The van der Waals surface area contributed by atoms with Gasteiger partial charge in [-0.15, -0.1) is 0 Å². The molecule has 1 saturated heterocycles. The monoisotopic (exact) mass is 367 g/mol. The van der Waals surface area contributed by atoms with E-state index in [1.54, 1.807) is 13.0 Å². The maximum Gasteiger partial charge on any atom is 0.309 e. The van der Waals surface area contributed by atoms with Crippen LogP contribution >= 0.6 is 0 Å². The maximum atomic E-state index is 13.1. The fourth-order valence-corrected chi connectivity index (χ4v) is 4.80. The lowest BCUT2D eigenvalue weighted by molar-refractivity contribution is -0.149. The highest BCUT2D eigenvalue weighted by molar-refractivity contribution is 7.89. The van der Waals surface area contributed by atoms with Gasteiger partial charge in [0.15, 0.2) is 0 Å². The number of carbonyl (C=O) groups is 1. The third-order valence-corrected chi connectivity index (χ3v) is 6.79. The van der Waals surface area contributed by atoms with Crippen LogP contribution in [-0.4, -0.2) is 38.4 Å². The Morgan fingerprint density at radius 3 is 2.36 bits per heavy atom. The molecule has 2 rings (SSSR count). The molecule has 6 heteroatoms. The van der Waals surface area contributed by atoms with E-state index in [9.17, 15) is 13.2 Å². The summed E-state index contributed by atoms with van der Waals surface area (Å²) < 4.78 is 32.7. The zero-order valence-electron chi connectivity index (χ0n) is 15.8. The summed E-state index contributed by atoms with van der Waals surface area (Å²) in [4.78, 5) is 12.2. The number of hydrogen-bond acceptors (Lipinski definition) is 4. The van der Waals surface area contributed by atoms with Gasteiger partial charge >= 0.3 is 5.97 Å². The van der Waals surface area contributed by atoms with Crippen LogP contribution in [0.2, 0.25) is 0 Å². The van der Waals surface area contributed by atoms with Gasteiger partial charge in [0.1, 0.15) is 0 Å². The van der Waals surface area contributed by atoms with Gasteiger partial charge in [0.25, 0.3) is 0 Å². The summed E-state index contributed by atoms with van der Waals surface area (Å²) >= 11 is 0. The summed E-state index contributed by atoms with van der Waals surface area (Å²) in [5.74, 6) is -0.418. The Labute approximate surface area is 151 Å². The summed E-state index contributed by atoms with van der Waals surface area (Å²) in [6.07, 6.45) is 1.02. The minimum atomic E-state index is -3.56. The van der Waals surface area contributed by atoms with Gasteiger partial charge in [-0.3, -0.25) is 4.79 Å². The van der Waals surface area contributed by atoms with Crippen LogP contribution in [0.3, 0.4) is 0 Å². The van der Waals surface area contributed by atoms with Gasteiger partial charge in [-0.2, -0.15) is 4.31 Å². The summed E-state index contributed by atoms with van der Waals surface area (Å²) in [7, 11) is -3.56. The number of piperidine rings is 1. The molecule has 0 unspecified atom stereocenters. The van der Waals surface area contributed by atoms with Crippen LogP contribution in [0.4, 0.5) is 0 Å². The van der Waals surface area contributed by atoms with Crippen molar-refractivity contribution in [2.24, 2.45) is 5.92 Å². The Balaban J connectivity index is 2.22. The van der Waals surface area contributed by atoms with Gasteiger partial charge in [0.2, 0.25) is 10.0 Å². The van der Waals surface area contributed by atoms with Crippen molar-refractivity contribution in [3.05, 3.63) is 29.3 Å². The lowest BCUT2D eigenvalue weighted by atomic mass is 9.87. The molecule has 25 heavy (non-hydrogen) atoms. The number of sulfonamides is 1. The SMILES string of the molecule is CCOC(=O)C1CCN(S(=O)(=O)c2cc(C(C)(C)C)ccc2C)CC1. The number of ether oxygens (including phenoxy) is 1. The summed E-state index contributed by atoms with van der Waals surface area (Å²) in [5, 5.41) is 0. The quantitative estimate of drug-likeness (QED) is 0.766. The van der Waals surface area contributed by atoms with Crippen LogP contribution in [0.1, 0.15) is 51.7 Å². The molecule has 1 fully saturated rings. The largest absolute Gasteiger partial charge is 0.466 e. The van der Waals surface area contributed by atoms with Gasteiger partial charge in [0.05, 0.1) is 17.4 Å². The molecule has 0 saturated carbocycles. The van der Waals surface area contributed by atoms with E-state index in [4.69, 9.17) is 4.74 Å². The van der Waals surface area contributed by atoms with E-state index in [0.717, 1.165) is 11.1 Å². The Hall–Kier alpha value is -1.40. The summed E-state index contributed by atoms with van der Waals surface area (Å²) in [6.45, 7) is 10.9. The van der Waals surface area contributed by atoms with E-state index < -0.39 is 10.0 Å². The number of esters is 1. The Morgan fingerprint density at radius 2 is 1.84 bits per heavy atom. The average Bonchev–Trinajstić information content (AvgIpc) is 2.54. The zero-order valence-corrected chi connectivity index (χ0v) is 16.6. The third-order valence-electron chi connectivity index (χ3n) is 4.75. The van der Waals surface area contributed by atoms with E-state index in [0.29, 0.717) is 37.4 Å². The van der Waals surface area contributed by atoms with Crippen molar-refractivity contribution in [3.8, 4) is 0 Å². The minimum absolute atomic E-state index is 0.116. The Bertz CT molecular complexity index is 726. The standard InChI is InChI=1S/C19H29NO4S/c1-6-24-18(21)15-9-11-20(12-10-15)25(22,23)17-13-16(19(3,4)5)8-7-14(17)2/h7-8,13,15H,6,9-12H2,1-5H3. The van der Waals surface area contributed by atoms with E-state index in [1.165, 1.54) is 4.31 Å². The highest BCUT2D eigenvalue weighted by atomic mass is 32.2. The fourth-order valence-electron chi connectivity index (χ4n) is 3.08. The molecule has 0 radical (unpaired) electrons. The van der Waals surface area contributed by atoms with Crippen molar-refractivity contribution in [1.29, 1.82) is 0 Å². The predicted octanol–water partition coefficient (Wildman–Crippen LogP) is 3.26. The molecule has 0 N–H and O–H groups in total. The molecule has 0 aliphatic carbocycles. The first kappa shape index (κ1) is 19.9. The molecule has 0 aromatic heterocycles. The number of benzene rings is 1. The lowest BCUT2D eigenvalue weighted by Crippen LogP contribution is -2.40. The number of aryl methyl sites for hydroxylation is 1. The van der Waals surface area contributed by atoms with E-state index in [2.05, 4.69) is 20.8 Å². The number of nitrogens with zero attached hydrogens (tertiary/aromatic N) is 1. The maximum absolute atomic E-state index is 13.1. The minimum Gasteiger partial charge on any atom is -0.466 e. The molecule has 1 aliphatic heterocycles. The molecular formula is C19H29NO4S. The molecule has 0 amide bonds. The highest BCUT2D eigenvalue weighted by Crippen LogP contribution is 2.30. The number of carbonyl (C=O) groups excluding carboxylic acids is 1. The van der Waals surface area contributed by atoms with Crippen LogP contribution in [-0.2, 0) is 25.0 Å². The molecule has 0 atom stereocenters. The van der Waals surface area contributed by atoms with Crippen LogP contribution in [0, 0.1) is 12.8 Å². The summed E-state index contributed by atoms with van der Waals surface area (Å²) in [5.41, 5.74) is 1.63. The van der Waals surface area contributed by atoms with Gasteiger partial charge < -0.3 is 4.74 Å². The first-order chi connectivity index (χ1) is 11.6. The van der Waals surface area contributed by atoms with Crippen molar-refractivity contribution in [3.63, 3.8) is 0 Å². The Kier molecular flexibility index (Phi) is 5.94. The van der Waals surface area contributed by atoms with E-state index >= 15 is 0 Å². The van der Waals surface area contributed by atoms with Crippen molar-refractivity contribution in [1.82, 2.24) is 4.31 Å². The van der Waals surface area contributed by atoms with Crippen LogP contribution < -0.4 is 0 Å². The molecular weight excluding hydrogens is 338 g/mol.